The van der Waals surface area contributed by atoms with Crippen molar-refractivity contribution >= 4 is 28.6 Å². The summed E-state index contributed by atoms with van der Waals surface area (Å²) in [5.74, 6) is 6.34. The van der Waals surface area contributed by atoms with Gasteiger partial charge >= 0.3 is 0 Å². The van der Waals surface area contributed by atoms with Crippen LogP contribution in [0.1, 0.15) is 5.56 Å². The molecule has 0 N–H and O–H groups in total. The number of hydrogen-bond acceptors (Lipinski definition) is 2. The van der Waals surface area contributed by atoms with Gasteiger partial charge in [-0.1, -0.05) is 11.8 Å². The van der Waals surface area contributed by atoms with Crippen molar-refractivity contribution in [1.82, 2.24) is 4.98 Å². The molecule has 0 aliphatic rings. The summed E-state index contributed by atoms with van der Waals surface area (Å²) in [6.07, 6.45) is 3.45. The zero-order valence-corrected chi connectivity index (χ0v) is 8.19. The van der Waals surface area contributed by atoms with Crippen LogP contribution in [-0.4, -0.2) is 10.7 Å². The van der Waals surface area contributed by atoms with Crippen molar-refractivity contribution in [2.45, 2.75) is 0 Å². The lowest BCUT2D eigenvalue weighted by Gasteiger charge is -1.89. The second kappa shape index (κ2) is 4.42. The Balaban J connectivity index is 2.87. The van der Waals surface area contributed by atoms with Gasteiger partial charge in [0.2, 0.25) is 0 Å². The first-order valence-electron chi connectivity index (χ1n) is 3.03. The highest BCUT2D eigenvalue weighted by Crippen LogP contribution is 2.07. The van der Waals surface area contributed by atoms with Gasteiger partial charge < -0.3 is 0 Å². The number of pyridine rings is 1. The second-order valence-corrected chi connectivity index (χ2v) is 3.08. The van der Waals surface area contributed by atoms with E-state index in [-0.39, 0.29) is 0 Å². The van der Waals surface area contributed by atoms with Crippen LogP contribution in [0.5, 0.6) is 0 Å². The van der Waals surface area contributed by atoms with Gasteiger partial charge in [0, 0.05) is 22.4 Å². The maximum atomic E-state index is 3.97. The van der Waals surface area contributed by atoms with E-state index < -0.39 is 0 Å². The van der Waals surface area contributed by atoms with Crippen LogP contribution >= 0.6 is 28.6 Å². The lowest BCUT2D eigenvalue weighted by Crippen LogP contribution is -1.77. The summed E-state index contributed by atoms with van der Waals surface area (Å²) < 4.78 is 0.948. The van der Waals surface area contributed by atoms with Crippen LogP contribution in [0.4, 0.5) is 0 Å². The highest BCUT2D eigenvalue weighted by atomic mass is 79.9. The summed E-state index contributed by atoms with van der Waals surface area (Å²) in [7, 11) is 0. The molecule has 0 radical (unpaired) electrons. The lowest BCUT2D eigenvalue weighted by molar-refractivity contribution is 1.29. The van der Waals surface area contributed by atoms with E-state index in [1.807, 2.05) is 6.07 Å². The van der Waals surface area contributed by atoms with Crippen molar-refractivity contribution in [2.24, 2.45) is 0 Å². The number of rotatable bonds is 0. The maximum Gasteiger partial charge on any atom is 0.0521 e. The molecule has 0 aliphatic carbocycles. The van der Waals surface area contributed by atoms with Gasteiger partial charge in [-0.2, -0.15) is 12.6 Å². The Morgan fingerprint density at radius 1 is 1.55 bits per heavy atom. The first kappa shape index (κ1) is 8.63. The lowest BCUT2D eigenvalue weighted by atomic mass is 10.3. The largest absolute Gasteiger partial charge is 0.262 e. The number of thiol groups is 1. The van der Waals surface area contributed by atoms with Crippen LogP contribution in [0, 0.1) is 11.8 Å². The Labute approximate surface area is 79.8 Å². The molecule has 1 nitrogen and oxygen atoms in total. The van der Waals surface area contributed by atoms with Crippen LogP contribution in [0.2, 0.25) is 0 Å². The predicted octanol–water partition coefficient (Wildman–Crippen LogP) is 2.13. The monoisotopic (exact) mass is 227 g/mol. The highest BCUT2D eigenvalue weighted by Gasteiger charge is 1.87. The first-order chi connectivity index (χ1) is 5.33. The highest BCUT2D eigenvalue weighted by molar-refractivity contribution is 9.10. The molecule has 0 saturated heterocycles. The van der Waals surface area contributed by atoms with Gasteiger partial charge in [0.25, 0.3) is 0 Å². The van der Waals surface area contributed by atoms with Crippen molar-refractivity contribution in [2.75, 3.05) is 5.75 Å². The average Bonchev–Trinajstić information content (AvgIpc) is 2.01. The van der Waals surface area contributed by atoms with Gasteiger partial charge in [0.15, 0.2) is 0 Å². The van der Waals surface area contributed by atoms with Gasteiger partial charge in [-0.3, -0.25) is 4.98 Å². The minimum atomic E-state index is 0.576. The van der Waals surface area contributed by atoms with Gasteiger partial charge in [0.05, 0.1) is 5.75 Å². The molecule has 1 aromatic rings. The molecule has 0 aromatic carbocycles. The third-order valence-corrected chi connectivity index (χ3v) is 1.61. The molecule has 11 heavy (non-hydrogen) atoms. The van der Waals surface area contributed by atoms with E-state index in [4.69, 9.17) is 0 Å². The Hall–Kier alpha value is -0.460. The number of hydrogen-bond donors (Lipinski definition) is 1. The maximum absolute atomic E-state index is 3.97. The quantitative estimate of drug-likeness (QED) is 0.530. The van der Waals surface area contributed by atoms with Crippen LogP contribution in [0.15, 0.2) is 22.9 Å². The van der Waals surface area contributed by atoms with E-state index in [0.717, 1.165) is 10.0 Å². The summed E-state index contributed by atoms with van der Waals surface area (Å²) in [5.41, 5.74) is 0.911. The van der Waals surface area contributed by atoms with Crippen molar-refractivity contribution in [3.8, 4) is 11.8 Å². The normalized spacial score (nSPS) is 8.55. The molecule has 0 atom stereocenters. The van der Waals surface area contributed by atoms with Gasteiger partial charge in [-0.15, -0.1) is 0 Å². The summed E-state index contributed by atoms with van der Waals surface area (Å²) in [6, 6.07) is 1.92. The molecule has 1 aromatic heterocycles. The fourth-order valence-corrected chi connectivity index (χ4v) is 1.07. The molecule has 3 heteroatoms. The number of nitrogens with zero attached hydrogens (tertiary/aromatic N) is 1. The molecule has 1 heterocycles. The second-order valence-electron chi connectivity index (χ2n) is 1.85. The first-order valence-corrected chi connectivity index (χ1v) is 4.46. The zero-order chi connectivity index (χ0) is 8.10. The summed E-state index contributed by atoms with van der Waals surface area (Å²) in [4.78, 5) is 3.96. The molecular weight excluding hydrogens is 222 g/mol. The number of aromatic nitrogens is 1. The molecule has 0 unspecified atom stereocenters. The molecule has 1 rings (SSSR count). The van der Waals surface area contributed by atoms with E-state index >= 15 is 0 Å². The molecule has 0 amide bonds. The Bertz CT molecular complexity index is 300. The van der Waals surface area contributed by atoms with Crippen molar-refractivity contribution in [3.63, 3.8) is 0 Å². The smallest absolute Gasteiger partial charge is 0.0521 e. The van der Waals surface area contributed by atoms with E-state index in [1.54, 1.807) is 12.4 Å². The van der Waals surface area contributed by atoms with Crippen LogP contribution in [0.25, 0.3) is 0 Å². The number of halogens is 1. The molecule has 0 spiro atoms. The van der Waals surface area contributed by atoms with Crippen molar-refractivity contribution < 1.29 is 0 Å². The van der Waals surface area contributed by atoms with Crippen molar-refractivity contribution in [1.29, 1.82) is 0 Å². The molecular formula is C8H6BrNS. The summed E-state index contributed by atoms with van der Waals surface area (Å²) in [6.45, 7) is 0. The zero-order valence-electron chi connectivity index (χ0n) is 5.71. The van der Waals surface area contributed by atoms with Crippen LogP contribution < -0.4 is 0 Å². The molecule has 0 fully saturated rings. The Morgan fingerprint density at radius 3 is 3.00 bits per heavy atom. The average molecular weight is 228 g/mol. The standard InChI is InChI=1S/C8H6BrNS/c9-8-4-7(2-1-3-11)5-10-6-8/h4-6,11H,3H2. The fourth-order valence-electron chi connectivity index (χ4n) is 0.622. The van der Waals surface area contributed by atoms with Crippen molar-refractivity contribution in [3.05, 3.63) is 28.5 Å². The molecule has 56 valence electrons. The van der Waals surface area contributed by atoms with Gasteiger partial charge in [0.1, 0.15) is 0 Å². The summed E-state index contributed by atoms with van der Waals surface area (Å²) in [5, 5.41) is 0. The topological polar surface area (TPSA) is 12.9 Å². The Kier molecular flexibility index (Phi) is 3.47. The van der Waals surface area contributed by atoms with Gasteiger partial charge in [-0.25, -0.2) is 0 Å². The van der Waals surface area contributed by atoms with Crippen LogP contribution in [-0.2, 0) is 0 Å². The molecule has 0 bridgehead atoms. The van der Waals surface area contributed by atoms with E-state index in [0.29, 0.717) is 5.75 Å². The predicted molar refractivity (Wildman–Crippen MR) is 52.7 cm³/mol. The third-order valence-electron chi connectivity index (χ3n) is 1.02. The third kappa shape index (κ3) is 2.96. The van der Waals surface area contributed by atoms with E-state index in [2.05, 4.69) is 45.4 Å². The fraction of sp³-hybridized carbons (Fsp3) is 0.125. The van der Waals surface area contributed by atoms with E-state index in [9.17, 15) is 0 Å². The molecule has 0 saturated carbocycles. The minimum absolute atomic E-state index is 0.576. The Morgan fingerprint density at radius 2 is 2.36 bits per heavy atom. The summed E-state index contributed by atoms with van der Waals surface area (Å²) >= 11 is 7.28. The minimum Gasteiger partial charge on any atom is -0.262 e. The van der Waals surface area contributed by atoms with Crippen LogP contribution in [0.3, 0.4) is 0 Å². The SMILES string of the molecule is SCC#Cc1cncc(Br)c1. The van der Waals surface area contributed by atoms with Gasteiger partial charge in [-0.05, 0) is 22.0 Å². The van der Waals surface area contributed by atoms with E-state index in [1.165, 1.54) is 0 Å². The molecule has 0 aliphatic heterocycles.